The molecule has 1 aromatic rings. The Balaban J connectivity index is 1.94. The molecule has 0 fully saturated rings. The molecular formula is C16H17N. The Morgan fingerprint density at radius 1 is 1.24 bits per heavy atom. The van der Waals surface area contributed by atoms with E-state index < -0.39 is 0 Å². The van der Waals surface area contributed by atoms with Crippen molar-refractivity contribution >= 4 is 5.71 Å². The first-order valence-electron chi connectivity index (χ1n) is 5.94. The van der Waals surface area contributed by atoms with Crippen molar-refractivity contribution in [3.8, 4) is 0 Å². The van der Waals surface area contributed by atoms with Crippen LogP contribution in [0.15, 0.2) is 65.8 Å². The van der Waals surface area contributed by atoms with E-state index in [0.717, 1.165) is 18.4 Å². The fraction of sp³-hybridized carbons (Fsp3) is 0.188. The van der Waals surface area contributed by atoms with Crippen LogP contribution < -0.4 is 0 Å². The van der Waals surface area contributed by atoms with Crippen molar-refractivity contribution in [2.75, 3.05) is 0 Å². The van der Waals surface area contributed by atoms with Crippen LogP contribution in [0, 0.1) is 5.41 Å². The Hall–Kier alpha value is -1.89. The van der Waals surface area contributed by atoms with Crippen LogP contribution in [0.25, 0.3) is 0 Å². The summed E-state index contributed by atoms with van der Waals surface area (Å²) in [4.78, 5) is 0. The average Bonchev–Trinajstić information content (AvgIpc) is 2.76. The average molecular weight is 223 g/mol. The van der Waals surface area contributed by atoms with Gasteiger partial charge in [0.25, 0.3) is 0 Å². The molecule has 0 saturated heterocycles. The zero-order valence-corrected chi connectivity index (χ0v) is 10.1. The van der Waals surface area contributed by atoms with E-state index in [1.807, 2.05) is 36.4 Å². The van der Waals surface area contributed by atoms with Gasteiger partial charge in [-0.05, 0) is 37.0 Å². The van der Waals surface area contributed by atoms with Crippen LogP contribution in [-0.4, -0.2) is 5.71 Å². The van der Waals surface area contributed by atoms with Crippen molar-refractivity contribution in [1.82, 2.24) is 0 Å². The van der Waals surface area contributed by atoms with E-state index in [0.29, 0.717) is 5.71 Å². The number of hydrogen-bond donors (Lipinski definition) is 1. The molecule has 0 aromatic heterocycles. The van der Waals surface area contributed by atoms with Crippen LogP contribution >= 0.6 is 0 Å². The molecule has 0 heterocycles. The normalized spacial score (nSPS) is 14.9. The maximum absolute atomic E-state index is 7.93. The summed E-state index contributed by atoms with van der Waals surface area (Å²) >= 11 is 0. The SMILES string of the molecule is CC1=CCC=C1C/C=C\C(=N)c1ccccc1. The zero-order chi connectivity index (χ0) is 12.1. The van der Waals surface area contributed by atoms with Gasteiger partial charge in [0.2, 0.25) is 0 Å². The molecule has 1 aliphatic carbocycles. The quantitative estimate of drug-likeness (QED) is 0.737. The van der Waals surface area contributed by atoms with Crippen LogP contribution in [-0.2, 0) is 0 Å². The first-order valence-corrected chi connectivity index (χ1v) is 5.94. The lowest BCUT2D eigenvalue weighted by Crippen LogP contribution is -1.93. The van der Waals surface area contributed by atoms with Crippen molar-refractivity contribution in [3.63, 3.8) is 0 Å². The fourth-order valence-electron chi connectivity index (χ4n) is 1.93. The third-order valence-electron chi connectivity index (χ3n) is 3.00. The molecule has 1 aromatic carbocycles. The van der Waals surface area contributed by atoms with E-state index in [2.05, 4.69) is 25.2 Å². The Labute approximate surface area is 103 Å². The third kappa shape index (κ3) is 3.04. The molecule has 86 valence electrons. The minimum Gasteiger partial charge on any atom is -0.300 e. The molecule has 0 aliphatic heterocycles. The van der Waals surface area contributed by atoms with E-state index in [1.165, 1.54) is 11.1 Å². The number of hydrogen-bond acceptors (Lipinski definition) is 1. The van der Waals surface area contributed by atoms with Gasteiger partial charge in [0.05, 0.1) is 5.71 Å². The van der Waals surface area contributed by atoms with Crippen LogP contribution in [0.2, 0.25) is 0 Å². The molecule has 1 aliphatic rings. The summed E-state index contributed by atoms with van der Waals surface area (Å²) in [6.07, 6.45) is 10.5. The molecule has 1 heteroatoms. The fourth-order valence-corrected chi connectivity index (χ4v) is 1.93. The van der Waals surface area contributed by atoms with E-state index in [9.17, 15) is 0 Å². The Morgan fingerprint density at radius 2 is 2.00 bits per heavy atom. The lowest BCUT2D eigenvalue weighted by Gasteiger charge is -2.00. The lowest BCUT2D eigenvalue weighted by molar-refractivity contribution is 1.23. The van der Waals surface area contributed by atoms with Crippen LogP contribution in [0.4, 0.5) is 0 Å². The van der Waals surface area contributed by atoms with Crippen molar-refractivity contribution in [3.05, 3.63) is 71.3 Å². The van der Waals surface area contributed by atoms with Gasteiger partial charge in [0.15, 0.2) is 0 Å². The van der Waals surface area contributed by atoms with Crippen molar-refractivity contribution in [1.29, 1.82) is 5.41 Å². The monoisotopic (exact) mass is 223 g/mol. The Bertz CT molecular complexity index is 490. The standard InChI is InChI=1S/C16H17N/c1-13-7-5-10-14(13)11-6-12-16(17)15-8-3-2-4-9-15/h2-4,6-10,12,17H,5,11H2,1H3/b12-6-,17-16?. The number of allylic oxidation sites excluding steroid dienone is 6. The van der Waals surface area contributed by atoms with Gasteiger partial charge in [-0.25, -0.2) is 0 Å². The molecule has 0 atom stereocenters. The van der Waals surface area contributed by atoms with Gasteiger partial charge in [0, 0.05) is 0 Å². The van der Waals surface area contributed by atoms with E-state index in [4.69, 9.17) is 5.41 Å². The summed E-state index contributed by atoms with van der Waals surface area (Å²) in [7, 11) is 0. The highest BCUT2D eigenvalue weighted by Crippen LogP contribution is 2.21. The van der Waals surface area contributed by atoms with E-state index in [1.54, 1.807) is 0 Å². The predicted octanol–water partition coefficient (Wildman–Crippen LogP) is 4.28. The van der Waals surface area contributed by atoms with Crippen LogP contribution in [0.1, 0.15) is 25.3 Å². The van der Waals surface area contributed by atoms with Crippen molar-refractivity contribution in [2.45, 2.75) is 19.8 Å². The Morgan fingerprint density at radius 3 is 2.65 bits per heavy atom. The summed E-state index contributed by atoms with van der Waals surface area (Å²) < 4.78 is 0. The first-order chi connectivity index (χ1) is 8.27. The van der Waals surface area contributed by atoms with Gasteiger partial charge in [-0.1, -0.05) is 54.1 Å². The minimum atomic E-state index is 0.575. The Kier molecular flexibility index (Phi) is 3.71. The second kappa shape index (κ2) is 5.44. The lowest BCUT2D eigenvalue weighted by atomic mass is 10.1. The van der Waals surface area contributed by atoms with E-state index >= 15 is 0 Å². The van der Waals surface area contributed by atoms with Gasteiger partial charge < -0.3 is 5.41 Å². The van der Waals surface area contributed by atoms with Gasteiger partial charge in [-0.3, -0.25) is 0 Å². The first kappa shape index (κ1) is 11.6. The smallest absolute Gasteiger partial charge is 0.0609 e. The molecular weight excluding hydrogens is 206 g/mol. The van der Waals surface area contributed by atoms with Gasteiger partial charge in [0.1, 0.15) is 0 Å². The highest BCUT2D eigenvalue weighted by atomic mass is 14.4. The van der Waals surface area contributed by atoms with Crippen LogP contribution in [0.5, 0.6) is 0 Å². The van der Waals surface area contributed by atoms with Gasteiger partial charge in [-0.2, -0.15) is 0 Å². The van der Waals surface area contributed by atoms with Crippen molar-refractivity contribution < 1.29 is 0 Å². The second-order valence-electron chi connectivity index (χ2n) is 4.24. The van der Waals surface area contributed by atoms with E-state index in [-0.39, 0.29) is 0 Å². The van der Waals surface area contributed by atoms with Gasteiger partial charge in [-0.15, -0.1) is 0 Å². The predicted molar refractivity (Wildman–Crippen MR) is 73.5 cm³/mol. The summed E-state index contributed by atoms with van der Waals surface area (Å²) in [6, 6.07) is 9.82. The molecule has 2 rings (SSSR count). The largest absolute Gasteiger partial charge is 0.300 e. The molecule has 0 spiro atoms. The maximum atomic E-state index is 7.93. The molecule has 17 heavy (non-hydrogen) atoms. The summed E-state index contributed by atoms with van der Waals surface area (Å²) in [5.74, 6) is 0. The third-order valence-corrected chi connectivity index (χ3v) is 3.00. The highest BCUT2D eigenvalue weighted by molar-refractivity contribution is 6.06. The zero-order valence-electron chi connectivity index (χ0n) is 10.1. The highest BCUT2D eigenvalue weighted by Gasteiger charge is 2.02. The molecule has 1 N–H and O–H groups in total. The topological polar surface area (TPSA) is 23.9 Å². The molecule has 1 nitrogen and oxygen atoms in total. The van der Waals surface area contributed by atoms with Crippen LogP contribution in [0.3, 0.4) is 0 Å². The number of nitrogens with one attached hydrogen (secondary N) is 1. The molecule has 0 unspecified atom stereocenters. The molecule has 0 bridgehead atoms. The minimum absolute atomic E-state index is 0.575. The molecule has 0 radical (unpaired) electrons. The summed E-state index contributed by atoms with van der Waals surface area (Å²) in [6.45, 7) is 2.15. The molecule has 0 amide bonds. The summed E-state index contributed by atoms with van der Waals surface area (Å²) in [5, 5.41) is 7.93. The number of benzene rings is 1. The van der Waals surface area contributed by atoms with Crippen molar-refractivity contribution in [2.24, 2.45) is 0 Å². The van der Waals surface area contributed by atoms with Gasteiger partial charge >= 0.3 is 0 Å². The number of rotatable bonds is 4. The molecule has 0 saturated carbocycles. The second-order valence-corrected chi connectivity index (χ2v) is 4.24. The maximum Gasteiger partial charge on any atom is 0.0609 e. The summed E-state index contributed by atoms with van der Waals surface area (Å²) in [5.41, 5.74) is 4.31.